The predicted molar refractivity (Wildman–Crippen MR) is 35.0 cm³/mol. The zero-order chi connectivity index (χ0) is 2.00. The van der Waals surface area contributed by atoms with Crippen molar-refractivity contribution in [3.8, 4) is 0 Å². The van der Waals surface area contributed by atoms with Gasteiger partial charge in [-0.2, -0.15) is 0 Å². The van der Waals surface area contributed by atoms with E-state index in [1.54, 1.807) is 0 Å². The molecule has 0 spiro atoms. The van der Waals surface area contributed by atoms with E-state index in [2.05, 4.69) is 5.90 Å². The fourth-order valence-corrected chi connectivity index (χ4v) is 0. The molecular formula is H7Cl4FeNO. The summed E-state index contributed by atoms with van der Waals surface area (Å²) < 4.78 is 0. The number of halogens is 4. The van der Waals surface area contributed by atoms with Gasteiger partial charge in [0, 0.05) is 17.1 Å². The first kappa shape index (κ1) is 73.5. The molecule has 0 saturated carbocycles. The molecule has 0 aromatic heterocycles. The van der Waals surface area contributed by atoms with E-state index in [4.69, 9.17) is 5.21 Å². The van der Waals surface area contributed by atoms with Crippen LogP contribution in [0.15, 0.2) is 0 Å². The van der Waals surface area contributed by atoms with Crippen molar-refractivity contribution in [1.82, 2.24) is 0 Å². The summed E-state index contributed by atoms with van der Waals surface area (Å²) in [5.41, 5.74) is 0. The van der Waals surface area contributed by atoms with Crippen LogP contribution in [-0.2, 0) is 17.1 Å². The van der Waals surface area contributed by atoms with Gasteiger partial charge >= 0.3 is 0 Å². The average Bonchev–Trinajstić information content (AvgIpc) is 1.00. The van der Waals surface area contributed by atoms with Crippen molar-refractivity contribution in [3.05, 3.63) is 0 Å². The minimum atomic E-state index is 0. The van der Waals surface area contributed by atoms with Crippen LogP contribution in [0, 0.1) is 0 Å². The molecule has 0 unspecified atom stereocenters. The van der Waals surface area contributed by atoms with Crippen LogP contribution in [0.1, 0.15) is 0 Å². The first-order valence-corrected chi connectivity index (χ1v) is 0.258. The fourth-order valence-electron chi connectivity index (χ4n) is 0. The van der Waals surface area contributed by atoms with Gasteiger partial charge in [-0.3, -0.25) is 0 Å². The number of hydrogen-bond acceptors (Lipinski definition) is 2. The van der Waals surface area contributed by atoms with Crippen molar-refractivity contribution in [3.63, 3.8) is 0 Å². The Morgan fingerprint density at radius 1 is 0.714 bits per heavy atom. The largest absolute Gasteiger partial charge is 0.320 e. The smallest absolute Gasteiger partial charge is 0 e. The molecule has 0 fully saturated rings. The van der Waals surface area contributed by atoms with Gasteiger partial charge in [0.05, 0.1) is 0 Å². The molecular weight excluding hydrogens is 228 g/mol. The van der Waals surface area contributed by atoms with Gasteiger partial charge in [0.2, 0.25) is 0 Å². The van der Waals surface area contributed by atoms with Crippen LogP contribution in [0.4, 0.5) is 0 Å². The van der Waals surface area contributed by atoms with Crippen molar-refractivity contribution < 1.29 is 22.3 Å². The second kappa shape index (κ2) is 129. The van der Waals surface area contributed by atoms with Crippen LogP contribution in [0.3, 0.4) is 0 Å². The molecule has 7 heavy (non-hydrogen) atoms. The first-order valence-electron chi connectivity index (χ1n) is 0.258. The van der Waals surface area contributed by atoms with E-state index in [9.17, 15) is 0 Å². The summed E-state index contributed by atoms with van der Waals surface area (Å²) in [6.07, 6.45) is 0. The summed E-state index contributed by atoms with van der Waals surface area (Å²) in [5.74, 6) is 3.50. The van der Waals surface area contributed by atoms with Gasteiger partial charge < -0.3 is 5.21 Å². The summed E-state index contributed by atoms with van der Waals surface area (Å²) in [7, 11) is 0. The maximum absolute atomic E-state index is 6.50. The molecule has 0 heterocycles. The van der Waals surface area contributed by atoms with E-state index in [0.29, 0.717) is 0 Å². The summed E-state index contributed by atoms with van der Waals surface area (Å²) in [4.78, 5) is 0. The minimum absolute atomic E-state index is 0. The van der Waals surface area contributed by atoms with Crippen molar-refractivity contribution in [1.29, 1.82) is 0 Å². The molecule has 7 heteroatoms. The molecule has 0 radical (unpaired) electrons. The van der Waals surface area contributed by atoms with Crippen LogP contribution >= 0.6 is 49.6 Å². The van der Waals surface area contributed by atoms with Gasteiger partial charge in [-0.05, 0) is 0 Å². The molecule has 0 aromatic rings. The molecule has 0 aliphatic rings. The van der Waals surface area contributed by atoms with E-state index < -0.39 is 0 Å². The number of rotatable bonds is 0. The predicted octanol–water partition coefficient (Wildman–Crippen LogP) is 1.02. The van der Waals surface area contributed by atoms with Crippen LogP contribution in [-0.4, -0.2) is 5.21 Å². The first-order chi connectivity index (χ1) is 1.00. The van der Waals surface area contributed by atoms with E-state index in [-0.39, 0.29) is 66.7 Å². The monoisotopic (exact) mass is 233 g/mol. The Hall–Kier alpha value is 1.60. The zero-order valence-corrected chi connectivity index (χ0v) is 7.38. The Morgan fingerprint density at radius 2 is 0.714 bits per heavy atom. The zero-order valence-electron chi connectivity index (χ0n) is 3.01. The third kappa shape index (κ3) is 93.1. The molecule has 2 nitrogen and oxygen atoms in total. The standard InChI is InChI=1S/4ClH.Fe.H3NO/c;;;;;1-2/h4*1H;;2H,1H2. The quantitative estimate of drug-likeness (QED) is 0.486. The summed E-state index contributed by atoms with van der Waals surface area (Å²) >= 11 is 0. The summed E-state index contributed by atoms with van der Waals surface area (Å²) in [6, 6.07) is 0. The van der Waals surface area contributed by atoms with Crippen molar-refractivity contribution in [2.24, 2.45) is 5.90 Å². The molecule has 0 rings (SSSR count). The summed E-state index contributed by atoms with van der Waals surface area (Å²) in [5, 5.41) is 6.50. The second-order valence-electron chi connectivity index (χ2n) is 0. The van der Waals surface area contributed by atoms with Crippen molar-refractivity contribution in [2.75, 3.05) is 0 Å². The van der Waals surface area contributed by atoms with E-state index in [1.807, 2.05) is 0 Å². The van der Waals surface area contributed by atoms with E-state index in [0.717, 1.165) is 0 Å². The van der Waals surface area contributed by atoms with Crippen LogP contribution in [0.5, 0.6) is 0 Å². The molecule has 0 aromatic carbocycles. The molecule has 54 valence electrons. The Balaban J connectivity index is -0.000000000500. The molecule has 0 saturated heterocycles. The SMILES string of the molecule is Cl.Cl.Cl.Cl.NO.[Fe]. The van der Waals surface area contributed by atoms with Gasteiger partial charge in [-0.1, -0.05) is 0 Å². The van der Waals surface area contributed by atoms with Gasteiger partial charge in [0.15, 0.2) is 0 Å². The van der Waals surface area contributed by atoms with Crippen LogP contribution < -0.4 is 5.90 Å². The van der Waals surface area contributed by atoms with Crippen molar-refractivity contribution in [2.45, 2.75) is 0 Å². The van der Waals surface area contributed by atoms with E-state index >= 15 is 0 Å². The summed E-state index contributed by atoms with van der Waals surface area (Å²) in [6.45, 7) is 0. The van der Waals surface area contributed by atoms with Crippen LogP contribution in [0.25, 0.3) is 0 Å². The van der Waals surface area contributed by atoms with Gasteiger partial charge in [0.1, 0.15) is 0 Å². The van der Waals surface area contributed by atoms with Gasteiger partial charge in [-0.15, -0.1) is 49.6 Å². The molecule has 0 amide bonds. The molecule has 0 bridgehead atoms. The molecule has 3 N–H and O–H groups in total. The Bertz CT molecular complexity index is 11.7. The third-order valence-electron chi connectivity index (χ3n) is 0. The molecule has 0 aliphatic carbocycles. The topological polar surface area (TPSA) is 46.2 Å². The molecule has 0 aliphatic heterocycles. The van der Waals surface area contributed by atoms with E-state index in [1.165, 1.54) is 0 Å². The fraction of sp³-hybridized carbons (Fsp3) is 0. The van der Waals surface area contributed by atoms with Gasteiger partial charge in [-0.25, -0.2) is 5.90 Å². The van der Waals surface area contributed by atoms with Crippen molar-refractivity contribution >= 4 is 49.6 Å². The Labute approximate surface area is 77.7 Å². The number of nitrogens with two attached hydrogens (primary N) is 1. The van der Waals surface area contributed by atoms with Crippen LogP contribution in [0.2, 0.25) is 0 Å². The second-order valence-corrected chi connectivity index (χ2v) is 0. The third-order valence-corrected chi connectivity index (χ3v) is 0. The minimum Gasteiger partial charge on any atom is -0.320 e. The normalized spacial score (nSPS) is 0.857. The van der Waals surface area contributed by atoms with Gasteiger partial charge in [0.25, 0.3) is 0 Å². The maximum atomic E-state index is 6.50. The molecule has 0 atom stereocenters. The number of hydrogen-bond donors (Lipinski definition) is 2. The Kier molecular flexibility index (Phi) is 1360. The maximum Gasteiger partial charge on any atom is 0 e. The average molecular weight is 235 g/mol. The Morgan fingerprint density at radius 3 is 0.714 bits per heavy atom.